The van der Waals surface area contributed by atoms with Crippen LogP contribution in [0.1, 0.15) is 6.92 Å². The lowest BCUT2D eigenvalue weighted by atomic mass is 10.1. The lowest BCUT2D eigenvalue weighted by Gasteiger charge is -2.06. The maximum Gasteiger partial charge on any atom is 0.223 e. The molecule has 0 aliphatic rings. The number of rotatable bonds is 3. The third-order valence-electron chi connectivity index (χ3n) is 2.21. The fourth-order valence-corrected chi connectivity index (χ4v) is 1.48. The van der Waals surface area contributed by atoms with Crippen molar-refractivity contribution in [2.24, 2.45) is 0 Å². The molecule has 1 heterocycles. The minimum absolute atomic E-state index is 0.131. The molecule has 2 rings (SSSR count). The van der Waals surface area contributed by atoms with E-state index in [2.05, 4.69) is 15.3 Å². The van der Waals surface area contributed by atoms with Gasteiger partial charge in [0.05, 0.1) is 11.3 Å². The first-order valence-corrected chi connectivity index (χ1v) is 5.23. The van der Waals surface area contributed by atoms with Gasteiger partial charge >= 0.3 is 0 Å². The number of halogens is 2. The maximum absolute atomic E-state index is 13.5. The molecule has 17 heavy (non-hydrogen) atoms. The fraction of sp³-hybridized carbons (Fsp3) is 0.167. The molecule has 2 aromatic rings. The number of hydrogen-bond acceptors (Lipinski definition) is 3. The van der Waals surface area contributed by atoms with Crippen molar-refractivity contribution in [3.05, 3.63) is 42.1 Å². The molecule has 0 radical (unpaired) electrons. The molecule has 0 amide bonds. The normalized spacial score (nSPS) is 10.3. The van der Waals surface area contributed by atoms with Crippen LogP contribution in [0, 0.1) is 11.6 Å². The van der Waals surface area contributed by atoms with Crippen molar-refractivity contribution < 1.29 is 8.78 Å². The first-order chi connectivity index (χ1) is 8.22. The van der Waals surface area contributed by atoms with Crippen LogP contribution in [0.2, 0.25) is 0 Å². The van der Waals surface area contributed by atoms with E-state index in [0.717, 1.165) is 0 Å². The van der Waals surface area contributed by atoms with E-state index in [4.69, 9.17) is 0 Å². The fourth-order valence-electron chi connectivity index (χ4n) is 1.48. The number of hydrogen-bond donors (Lipinski definition) is 1. The van der Waals surface area contributed by atoms with Crippen LogP contribution in [-0.2, 0) is 0 Å². The van der Waals surface area contributed by atoms with Gasteiger partial charge in [-0.1, -0.05) is 6.07 Å². The smallest absolute Gasteiger partial charge is 0.223 e. The molecule has 0 saturated heterocycles. The first kappa shape index (κ1) is 11.4. The van der Waals surface area contributed by atoms with Crippen molar-refractivity contribution in [2.75, 3.05) is 11.9 Å². The highest BCUT2D eigenvalue weighted by Gasteiger charge is 2.12. The Balaban J connectivity index is 2.49. The number of aromatic nitrogens is 2. The summed E-state index contributed by atoms with van der Waals surface area (Å²) in [6.07, 6.45) is 1.46. The number of nitrogens with one attached hydrogen (secondary N) is 1. The summed E-state index contributed by atoms with van der Waals surface area (Å²) in [5.74, 6) is -0.912. The molecule has 3 nitrogen and oxygen atoms in total. The van der Waals surface area contributed by atoms with Gasteiger partial charge in [0.2, 0.25) is 5.95 Å². The molecule has 0 fully saturated rings. The number of anilines is 1. The van der Waals surface area contributed by atoms with Gasteiger partial charge in [-0.05, 0) is 25.1 Å². The Labute approximate surface area is 97.5 Å². The topological polar surface area (TPSA) is 37.8 Å². The summed E-state index contributed by atoms with van der Waals surface area (Å²) < 4.78 is 27.1. The predicted molar refractivity (Wildman–Crippen MR) is 61.5 cm³/mol. The highest BCUT2D eigenvalue weighted by molar-refractivity contribution is 5.61. The van der Waals surface area contributed by atoms with Crippen LogP contribution in [0.25, 0.3) is 11.3 Å². The van der Waals surface area contributed by atoms with Crippen LogP contribution < -0.4 is 5.32 Å². The third kappa shape index (κ3) is 2.38. The van der Waals surface area contributed by atoms with E-state index < -0.39 is 11.6 Å². The van der Waals surface area contributed by atoms with Crippen molar-refractivity contribution in [2.45, 2.75) is 6.92 Å². The Kier molecular flexibility index (Phi) is 3.27. The van der Waals surface area contributed by atoms with Gasteiger partial charge in [0.1, 0.15) is 11.6 Å². The summed E-state index contributed by atoms with van der Waals surface area (Å²) in [6.45, 7) is 2.53. The monoisotopic (exact) mass is 235 g/mol. The van der Waals surface area contributed by atoms with E-state index in [1.54, 1.807) is 0 Å². The summed E-state index contributed by atoms with van der Waals surface area (Å²) >= 11 is 0. The molecule has 0 bridgehead atoms. The Bertz CT molecular complexity index is 509. The van der Waals surface area contributed by atoms with Crippen molar-refractivity contribution >= 4 is 5.95 Å². The Morgan fingerprint density at radius 1 is 1.18 bits per heavy atom. The molecular formula is C12H11F2N3. The number of benzene rings is 1. The lowest BCUT2D eigenvalue weighted by Crippen LogP contribution is -2.03. The van der Waals surface area contributed by atoms with Gasteiger partial charge in [-0.2, -0.15) is 0 Å². The Morgan fingerprint density at radius 3 is 2.53 bits per heavy atom. The molecule has 0 unspecified atom stereocenters. The molecule has 0 saturated carbocycles. The molecular weight excluding hydrogens is 224 g/mol. The minimum Gasteiger partial charge on any atom is -0.354 e. The maximum atomic E-state index is 13.5. The van der Waals surface area contributed by atoms with Gasteiger partial charge in [0.25, 0.3) is 0 Å². The quantitative estimate of drug-likeness (QED) is 0.888. The van der Waals surface area contributed by atoms with Gasteiger partial charge in [0.15, 0.2) is 0 Å². The zero-order valence-corrected chi connectivity index (χ0v) is 9.24. The van der Waals surface area contributed by atoms with Gasteiger partial charge in [-0.3, -0.25) is 0 Å². The van der Waals surface area contributed by atoms with E-state index in [-0.39, 0.29) is 11.3 Å². The van der Waals surface area contributed by atoms with Crippen LogP contribution in [-0.4, -0.2) is 16.5 Å². The molecule has 0 atom stereocenters. The summed E-state index contributed by atoms with van der Waals surface area (Å²) in [4.78, 5) is 8.00. The van der Waals surface area contributed by atoms with E-state index in [0.29, 0.717) is 12.5 Å². The lowest BCUT2D eigenvalue weighted by molar-refractivity contribution is 0.588. The molecule has 1 N–H and O–H groups in total. The second-order valence-electron chi connectivity index (χ2n) is 3.39. The standard InChI is InChI=1S/C12H11F2N3/c1-2-15-12-16-7-6-10(17-12)11-8(13)4-3-5-9(11)14/h3-7H,2H2,1H3,(H,15,16,17). The van der Waals surface area contributed by atoms with Crippen LogP contribution in [0.4, 0.5) is 14.7 Å². The van der Waals surface area contributed by atoms with Gasteiger partial charge < -0.3 is 5.32 Å². The second kappa shape index (κ2) is 4.86. The van der Waals surface area contributed by atoms with Crippen LogP contribution in [0.5, 0.6) is 0 Å². The Morgan fingerprint density at radius 2 is 1.88 bits per heavy atom. The number of nitrogens with zero attached hydrogens (tertiary/aromatic N) is 2. The second-order valence-corrected chi connectivity index (χ2v) is 3.39. The zero-order valence-electron chi connectivity index (χ0n) is 9.24. The van der Waals surface area contributed by atoms with Crippen molar-refractivity contribution in [1.82, 2.24) is 9.97 Å². The van der Waals surface area contributed by atoms with E-state index >= 15 is 0 Å². The van der Waals surface area contributed by atoms with E-state index in [1.807, 2.05) is 6.92 Å². The highest BCUT2D eigenvalue weighted by Crippen LogP contribution is 2.24. The minimum atomic E-state index is -0.633. The zero-order chi connectivity index (χ0) is 12.3. The molecule has 1 aromatic carbocycles. The average molecular weight is 235 g/mol. The molecule has 5 heteroatoms. The van der Waals surface area contributed by atoms with Crippen LogP contribution in [0.15, 0.2) is 30.5 Å². The summed E-state index contributed by atoms with van der Waals surface area (Å²) in [6, 6.07) is 5.20. The molecule has 1 aromatic heterocycles. The van der Waals surface area contributed by atoms with Gasteiger partial charge in [-0.25, -0.2) is 18.7 Å². The highest BCUT2D eigenvalue weighted by atomic mass is 19.1. The van der Waals surface area contributed by atoms with Gasteiger partial charge in [0, 0.05) is 12.7 Å². The summed E-state index contributed by atoms with van der Waals surface area (Å²) in [7, 11) is 0. The Hall–Kier alpha value is -2.04. The predicted octanol–water partition coefficient (Wildman–Crippen LogP) is 2.85. The average Bonchev–Trinajstić information content (AvgIpc) is 2.30. The third-order valence-corrected chi connectivity index (χ3v) is 2.21. The largest absolute Gasteiger partial charge is 0.354 e. The van der Waals surface area contributed by atoms with Crippen LogP contribution in [0.3, 0.4) is 0 Å². The first-order valence-electron chi connectivity index (χ1n) is 5.23. The molecule has 0 spiro atoms. The molecule has 0 aliphatic carbocycles. The molecule has 88 valence electrons. The van der Waals surface area contributed by atoms with Crippen LogP contribution >= 0.6 is 0 Å². The molecule has 0 aliphatic heterocycles. The van der Waals surface area contributed by atoms with Gasteiger partial charge in [-0.15, -0.1) is 0 Å². The van der Waals surface area contributed by atoms with Crippen molar-refractivity contribution in [3.8, 4) is 11.3 Å². The van der Waals surface area contributed by atoms with E-state index in [1.165, 1.54) is 30.5 Å². The van der Waals surface area contributed by atoms with Crippen molar-refractivity contribution in [1.29, 1.82) is 0 Å². The summed E-state index contributed by atoms with van der Waals surface area (Å²) in [5, 5.41) is 2.89. The van der Waals surface area contributed by atoms with Crippen molar-refractivity contribution in [3.63, 3.8) is 0 Å². The summed E-state index contributed by atoms with van der Waals surface area (Å²) in [5.41, 5.74) is 0.0978. The SMILES string of the molecule is CCNc1nccc(-c2c(F)cccc2F)n1. The van der Waals surface area contributed by atoms with E-state index in [9.17, 15) is 8.78 Å².